The average molecular weight is 326 g/mol. The first kappa shape index (κ1) is 15.4. The average Bonchev–Trinajstić information content (AvgIpc) is 2.56. The van der Waals surface area contributed by atoms with Gasteiger partial charge in [0.2, 0.25) is 0 Å². The number of amides is 1. The minimum absolute atomic E-state index is 0.0477. The van der Waals surface area contributed by atoms with Gasteiger partial charge in [-0.05, 0) is 36.4 Å². The molecule has 7 heteroatoms. The molecule has 1 amide bonds. The molecule has 3 rings (SSSR count). The first-order valence-electron chi connectivity index (χ1n) is 7.03. The summed E-state index contributed by atoms with van der Waals surface area (Å²) in [5.41, 5.74) is -0.448. The van der Waals surface area contributed by atoms with Crippen molar-refractivity contribution in [1.82, 2.24) is 4.98 Å². The van der Waals surface area contributed by atoms with E-state index in [9.17, 15) is 19.8 Å². The number of para-hydroxylation sites is 1. The van der Waals surface area contributed by atoms with Crippen LogP contribution in [0.5, 0.6) is 17.2 Å². The fourth-order valence-electron chi connectivity index (χ4n) is 2.39. The zero-order valence-electron chi connectivity index (χ0n) is 12.7. The maximum atomic E-state index is 12.4. The molecule has 1 aromatic heterocycles. The summed E-state index contributed by atoms with van der Waals surface area (Å²) in [6.07, 6.45) is 0. The summed E-state index contributed by atoms with van der Waals surface area (Å²) in [7, 11) is 1.44. The van der Waals surface area contributed by atoms with Gasteiger partial charge in [-0.3, -0.25) is 9.59 Å². The number of methoxy groups -OCH3 is 1. The summed E-state index contributed by atoms with van der Waals surface area (Å²) >= 11 is 0. The number of carbonyl (C=O) groups excluding carboxylic acids is 1. The summed E-state index contributed by atoms with van der Waals surface area (Å²) in [5.74, 6) is -0.759. The first-order valence-corrected chi connectivity index (χ1v) is 7.03. The van der Waals surface area contributed by atoms with E-state index in [4.69, 9.17) is 4.74 Å². The van der Waals surface area contributed by atoms with Gasteiger partial charge in [0, 0.05) is 11.1 Å². The minimum atomic E-state index is -0.760. The molecule has 0 aliphatic rings. The molecule has 2 aromatic carbocycles. The van der Waals surface area contributed by atoms with Gasteiger partial charge in [-0.25, -0.2) is 0 Å². The molecule has 4 N–H and O–H groups in total. The number of carbonyl (C=O) groups is 1. The number of benzene rings is 2. The van der Waals surface area contributed by atoms with Crippen LogP contribution >= 0.6 is 0 Å². The van der Waals surface area contributed by atoms with Gasteiger partial charge in [-0.2, -0.15) is 0 Å². The van der Waals surface area contributed by atoms with Crippen LogP contribution in [0.2, 0.25) is 0 Å². The summed E-state index contributed by atoms with van der Waals surface area (Å²) in [5, 5.41) is 22.4. The molecule has 0 spiro atoms. The Labute approximate surface area is 136 Å². The highest BCUT2D eigenvalue weighted by Crippen LogP contribution is 2.30. The predicted octanol–water partition coefficient (Wildman–Crippen LogP) is 2.20. The van der Waals surface area contributed by atoms with Crippen LogP contribution in [-0.2, 0) is 0 Å². The second kappa shape index (κ2) is 5.96. The second-order valence-electron chi connectivity index (χ2n) is 5.06. The molecule has 0 bridgehead atoms. The van der Waals surface area contributed by atoms with Gasteiger partial charge in [-0.1, -0.05) is 6.07 Å². The zero-order valence-corrected chi connectivity index (χ0v) is 12.7. The highest BCUT2D eigenvalue weighted by molar-refractivity contribution is 6.09. The number of ether oxygens (including phenoxy) is 1. The molecule has 0 aliphatic heterocycles. The third-order valence-corrected chi connectivity index (χ3v) is 3.56. The molecule has 0 unspecified atom stereocenters. The van der Waals surface area contributed by atoms with Crippen molar-refractivity contribution in [3.8, 4) is 17.2 Å². The van der Waals surface area contributed by atoms with Crippen LogP contribution in [0.3, 0.4) is 0 Å². The molecule has 1 heterocycles. The standard InChI is InChI=1S/C17H14N2O5/c1-24-12-4-2-3-11-14(12)19-17(23)13(15(11)21)16(22)18-9-5-7-10(20)8-6-9/h2-8,20H,1H3,(H,18,22)(H2,19,21,23). The van der Waals surface area contributed by atoms with E-state index in [0.717, 1.165) is 0 Å². The Morgan fingerprint density at radius 2 is 1.83 bits per heavy atom. The van der Waals surface area contributed by atoms with Crippen LogP contribution < -0.4 is 15.6 Å². The van der Waals surface area contributed by atoms with Crippen molar-refractivity contribution >= 4 is 22.5 Å². The summed E-state index contributed by atoms with van der Waals surface area (Å²) in [4.78, 5) is 27.1. The smallest absolute Gasteiger partial charge is 0.265 e. The highest BCUT2D eigenvalue weighted by atomic mass is 16.5. The maximum absolute atomic E-state index is 12.4. The molecule has 0 atom stereocenters. The lowest BCUT2D eigenvalue weighted by molar-refractivity contribution is 0.102. The number of aromatic nitrogens is 1. The molecule has 0 saturated carbocycles. The number of fused-ring (bicyclic) bond motifs is 1. The molecule has 0 saturated heterocycles. The summed E-state index contributed by atoms with van der Waals surface area (Å²) in [6.45, 7) is 0. The van der Waals surface area contributed by atoms with E-state index in [1.165, 1.54) is 31.4 Å². The Bertz CT molecular complexity index is 977. The van der Waals surface area contributed by atoms with Crippen molar-refractivity contribution in [3.63, 3.8) is 0 Å². The van der Waals surface area contributed by atoms with Crippen LogP contribution in [0.4, 0.5) is 5.69 Å². The quantitative estimate of drug-likeness (QED) is 0.551. The third-order valence-electron chi connectivity index (χ3n) is 3.56. The third kappa shape index (κ3) is 2.63. The van der Waals surface area contributed by atoms with Crippen molar-refractivity contribution in [2.24, 2.45) is 0 Å². The predicted molar refractivity (Wildman–Crippen MR) is 88.8 cm³/mol. The van der Waals surface area contributed by atoms with Crippen LogP contribution in [0, 0.1) is 0 Å². The summed E-state index contributed by atoms with van der Waals surface area (Å²) in [6, 6.07) is 10.6. The highest BCUT2D eigenvalue weighted by Gasteiger charge is 2.20. The lowest BCUT2D eigenvalue weighted by Gasteiger charge is -2.10. The van der Waals surface area contributed by atoms with Crippen LogP contribution in [0.15, 0.2) is 47.3 Å². The molecule has 24 heavy (non-hydrogen) atoms. The summed E-state index contributed by atoms with van der Waals surface area (Å²) < 4.78 is 5.14. The monoisotopic (exact) mass is 326 g/mol. The molecule has 0 radical (unpaired) electrons. The molecule has 0 aliphatic carbocycles. The number of H-pyrrole nitrogens is 1. The zero-order chi connectivity index (χ0) is 17.3. The maximum Gasteiger partial charge on any atom is 0.265 e. The van der Waals surface area contributed by atoms with Crippen LogP contribution in [0.25, 0.3) is 10.9 Å². The molecule has 0 fully saturated rings. The largest absolute Gasteiger partial charge is 0.508 e. The molecular weight excluding hydrogens is 312 g/mol. The molecule has 122 valence electrons. The first-order chi connectivity index (χ1) is 11.5. The Hall–Kier alpha value is -3.48. The number of phenolic OH excluding ortho intramolecular Hbond substituents is 1. The number of nitrogens with one attached hydrogen (secondary N) is 2. The van der Waals surface area contributed by atoms with E-state index in [1.807, 2.05) is 0 Å². The Balaban J connectivity index is 2.07. The number of pyridine rings is 1. The van der Waals surface area contributed by atoms with Gasteiger partial charge in [-0.15, -0.1) is 0 Å². The van der Waals surface area contributed by atoms with Crippen molar-refractivity contribution in [3.05, 3.63) is 58.4 Å². The van der Waals surface area contributed by atoms with Crippen molar-refractivity contribution in [2.75, 3.05) is 12.4 Å². The molecule has 7 nitrogen and oxygen atoms in total. The van der Waals surface area contributed by atoms with Crippen LogP contribution in [0.1, 0.15) is 10.4 Å². The van der Waals surface area contributed by atoms with Gasteiger partial charge >= 0.3 is 0 Å². The van der Waals surface area contributed by atoms with Gasteiger partial charge in [0.05, 0.1) is 12.6 Å². The van der Waals surface area contributed by atoms with Crippen molar-refractivity contribution in [2.45, 2.75) is 0 Å². The lowest BCUT2D eigenvalue weighted by atomic mass is 10.1. The van der Waals surface area contributed by atoms with Gasteiger partial charge in [0.15, 0.2) is 0 Å². The minimum Gasteiger partial charge on any atom is -0.508 e. The van der Waals surface area contributed by atoms with Crippen molar-refractivity contribution in [1.29, 1.82) is 0 Å². The van der Waals surface area contributed by atoms with E-state index in [1.54, 1.807) is 18.2 Å². The normalized spacial score (nSPS) is 10.5. The van der Waals surface area contributed by atoms with Gasteiger partial charge < -0.3 is 25.3 Å². The van der Waals surface area contributed by atoms with E-state index in [-0.39, 0.29) is 5.75 Å². The number of phenols is 1. The van der Waals surface area contributed by atoms with Gasteiger partial charge in [0.25, 0.3) is 11.5 Å². The fourth-order valence-corrected chi connectivity index (χ4v) is 2.39. The second-order valence-corrected chi connectivity index (χ2v) is 5.06. The van der Waals surface area contributed by atoms with E-state index < -0.39 is 22.8 Å². The number of anilines is 1. The number of hydrogen-bond donors (Lipinski definition) is 4. The molecule has 3 aromatic rings. The topological polar surface area (TPSA) is 112 Å². The number of hydrogen-bond acceptors (Lipinski definition) is 5. The SMILES string of the molecule is COc1cccc2c(O)c(C(=O)Nc3ccc(O)cc3)c(=O)[nH]c12. The molecular formula is C17H14N2O5. The van der Waals surface area contributed by atoms with E-state index >= 15 is 0 Å². The van der Waals surface area contributed by atoms with E-state index in [2.05, 4.69) is 10.3 Å². The Morgan fingerprint density at radius 3 is 2.50 bits per heavy atom. The van der Waals surface area contributed by atoms with E-state index in [0.29, 0.717) is 22.3 Å². The number of rotatable bonds is 3. The van der Waals surface area contributed by atoms with Crippen LogP contribution in [-0.4, -0.2) is 28.2 Å². The Kier molecular flexibility index (Phi) is 3.83. The lowest BCUT2D eigenvalue weighted by Crippen LogP contribution is -2.23. The number of aromatic amines is 1. The number of aromatic hydroxyl groups is 2. The Morgan fingerprint density at radius 1 is 1.12 bits per heavy atom. The van der Waals surface area contributed by atoms with Crippen molar-refractivity contribution < 1.29 is 19.7 Å². The fraction of sp³-hybridized carbons (Fsp3) is 0.0588. The van der Waals surface area contributed by atoms with Gasteiger partial charge in [0.1, 0.15) is 22.8 Å².